The summed E-state index contributed by atoms with van der Waals surface area (Å²) in [6, 6.07) is 12.1. The van der Waals surface area contributed by atoms with Crippen molar-refractivity contribution in [2.75, 3.05) is 26.2 Å². The van der Waals surface area contributed by atoms with Crippen LogP contribution in [0.25, 0.3) is 0 Å². The van der Waals surface area contributed by atoms with Gasteiger partial charge in [0.1, 0.15) is 17.6 Å². The molecule has 1 aliphatic rings. The Labute approximate surface area is 330 Å². The number of carbonyl (C=O) groups excluding carboxylic acids is 3. The molecule has 3 amide bonds. The Balaban J connectivity index is 1.66. The first-order chi connectivity index (χ1) is 26.3. The third-order valence-electron chi connectivity index (χ3n) is 10.4. The molecular formula is C41H60F2N6O6Si. The number of aromatic nitrogens is 2. The maximum atomic E-state index is 14.3. The summed E-state index contributed by atoms with van der Waals surface area (Å²) in [4.78, 5) is 44.8. The summed E-state index contributed by atoms with van der Waals surface area (Å²) < 4.78 is 46.4. The number of rotatable bonds is 17. The first kappa shape index (κ1) is 44.5. The molecule has 3 unspecified atom stereocenters. The molecule has 0 bridgehead atoms. The van der Waals surface area contributed by atoms with Crippen LogP contribution in [0.4, 0.5) is 13.6 Å². The molecule has 1 saturated heterocycles. The van der Waals surface area contributed by atoms with E-state index in [2.05, 4.69) is 60.3 Å². The SMILES string of the molecule is CC(C)(C)OC(=O)NCCCCC(NC(=O)c1ccc(F)c(F)c1)C(O[Si](C)(C)C(C)(C)C)c1noc(C(C(=O)NCCc2ccccc2)C2CCNCC2)n1. The van der Waals surface area contributed by atoms with Gasteiger partial charge < -0.3 is 35.0 Å². The predicted molar refractivity (Wildman–Crippen MR) is 213 cm³/mol. The summed E-state index contributed by atoms with van der Waals surface area (Å²) in [7, 11) is -2.62. The molecule has 4 N–H and O–H groups in total. The van der Waals surface area contributed by atoms with Crippen LogP contribution in [-0.2, 0) is 20.4 Å². The number of benzene rings is 2. The van der Waals surface area contributed by atoms with Crippen LogP contribution in [0.5, 0.6) is 0 Å². The highest BCUT2D eigenvalue weighted by Gasteiger charge is 2.44. The van der Waals surface area contributed by atoms with E-state index >= 15 is 0 Å². The van der Waals surface area contributed by atoms with E-state index in [0.29, 0.717) is 38.8 Å². The molecule has 4 rings (SSSR count). The van der Waals surface area contributed by atoms with E-state index in [-0.39, 0.29) is 34.1 Å². The van der Waals surface area contributed by atoms with Crippen molar-refractivity contribution in [1.82, 2.24) is 31.4 Å². The molecule has 0 spiro atoms. The van der Waals surface area contributed by atoms with Gasteiger partial charge in [0, 0.05) is 18.7 Å². The topological polar surface area (TPSA) is 157 Å². The van der Waals surface area contributed by atoms with Crippen LogP contribution >= 0.6 is 0 Å². The van der Waals surface area contributed by atoms with E-state index in [9.17, 15) is 23.2 Å². The molecule has 1 aromatic heterocycles. The van der Waals surface area contributed by atoms with Crippen LogP contribution in [0.15, 0.2) is 53.1 Å². The number of piperidine rings is 1. The lowest BCUT2D eigenvalue weighted by molar-refractivity contribution is -0.124. The Kier molecular flexibility index (Phi) is 15.7. The number of nitrogens with zero attached hydrogens (tertiary/aromatic N) is 2. The second kappa shape index (κ2) is 19.8. The largest absolute Gasteiger partial charge is 0.444 e. The standard InChI is InChI=1S/C41H60F2N6O6Si/c1-40(2,3)53-39(52)46-22-13-12-16-32(47-36(50)29-17-18-30(42)31(43)26-29)34(55-56(7,8)41(4,5)6)35-48-38(54-49-35)33(28-20-23-44-24-21-28)37(51)45-25-19-27-14-10-9-11-15-27/h9-11,14-15,17-18,26,28,32-34,44H,12-13,16,19-25H2,1-8H3,(H,45,51)(H,46,52)(H,47,50). The normalized spacial score (nSPS) is 15.8. The van der Waals surface area contributed by atoms with Crippen LogP contribution in [0, 0.1) is 17.6 Å². The molecule has 15 heteroatoms. The molecule has 12 nitrogen and oxygen atoms in total. The Hall–Kier alpha value is -4.21. The summed E-state index contributed by atoms with van der Waals surface area (Å²) in [6.07, 6.45) is 2.06. The van der Waals surface area contributed by atoms with E-state index in [1.54, 1.807) is 20.8 Å². The highest BCUT2D eigenvalue weighted by molar-refractivity contribution is 6.74. The van der Waals surface area contributed by atoms with E-state index in [1.165, 1.54) is 6.07 Å². The van der Waals surface area contributed by atoms with Gasteiger partial charge in [0.15, 0.2) is 20.0 Å². The van der Waals surface area contributed by atoms with Crippen molar-refractivity contribution in [3.8, 4) is 0 Å². The molecular weight excluding hydrogens is 739 g/mol. The Bertz CT molecular complexity index is 1740. The zero-order valence-electron chi connectivity index (χ0n) is 34.1. The third-order valence-corrected chi connectivity index (χ3v) is 14.8. The fraction of sp³-hybridized carbons (Fsp3) is 0.585. The summed E-state index contributed by atoms with van der Waals surface area (Å²) >= 11 is 0. The molecule has 2 heterocycles. The van der Waals surface area contributed by atoms with Gasteiger partial charge in [-0.1, -0.05) is 56.3 Å². The lowest BCUT2D eigenvalue weighted by Crippen LogP contribution is -2.48. The molecule has 0 radical (unpaired) electrons. The first-order valence-corrected chi connectivity index (χ1v) is 22.5. The fourth-order valence-electron chi connectivity index (χ4n) is 6.27. The molecule has 2 aromatic carbocycles. The van der Waals surface area contributed by atoms with Gasteiger partial charge in [0.05, 0.1) is 6.04 Å². The zero-order chi connectivity index (χ0) is 41.1. The van der Waals surface area contributed by atoms with Gasteiger partial charge in [0.2, 0.25) is 17.6 Å². The molecule has 1 fully saturated rings. The van der Waals surface area contributed by atoms with Crippen molar-refractivity contribution >= 4 is 26.2 Å². The summed E-state index contributed by atoms with van der Waals surface area (Å²) in [5, 5.41) is 16.4. The zero-order valence-corrected chi connectivity index (χ0v) is 35.1. The molecule has 3 atom stereocenters. The van der Waals surface area contributed by atoms with Gasteiger partial charge in [-0.3, -0.25) is 9.59 Å². The van der Waals surface area contributed by atoms with Crippen molar-refractivity contribution in [2.24, 2.45) is 5.92 Å². The average molecular weight is 799 g/mol. The number of alkyl carbamates (subject to hydrolysis) is 1. The number of nitrogens with one attached hydrogen (secondary N) is 4. The highest BCUT2D eigenvalue weighted by atomic mass is 28.4. The van der Waals surface area contributed by atoms with Gasteiger partial charge in [-0.2, -0.15) is 4.98 Å². The maximum absolute atomic E-state index is 14.3. The minimum absolute atomic E-state index is 0.0534. The minimum atomic E-state index is -2.62. The number of carbonyl (C=O) groups is 3. The van der Waals surface area contributed by atoms with E-state index in [1.807, 2.05) is 30.3 Å². The van der Waals surface area contributed by atoms with Gasteiger partial charge in [-0.05, 0) is 120 Å². The number of ether oxygens (including phenoxy) is 1. The highest BCUT2D eigenvalue weighted by Crippen LogP contribution is 2.41. The second-order valence-corrected chi connectivity index (χ2v) is 21.8. The Morgan fingerprint density at radius 3 is 2.29 bits per heavy atom. The summed E-state index contributed by atoms with van der Waals surface area (Å²) in [5.41, 5.74) is 0.389. The molecule has 0 saturated carbocycles. The minimum Gasteiger partial charge on any atom is -0.444 e. The van der Waals surface area contributed by atoms with Crippen LogP contribution < -0.4 is 21.3 Å². The van der Waals surface area contributed by atoms with Crippen LogP contribution in [0.2, 0.25) is 18.1 Å². The third kappa shape index (κ3) is 13.2. The molecule has 1 aliphatic heterocycles. The fourth-order valence-corrected chi connectivity index (χ4v) is 7.53. The van der Waals surface area contributed by atoms with Crippen molar-refractivity contribution in [3.63, 3.8) is 0 Å². The van der Waals surface area contributed by atoms with Gasteiger partial charge in [-0.25, -0.2) is 13.6 Å². The maximum Gasteiger partial charge on any atom is 0.407 e. The smallest absolute Gasteiger partial charge is 0.407 e. The van der Waals surface area contributed by atoms with Crippen molar-refractivity contribution in [2.45, 2.75) is 122 Å². The van der Waals surface area contributed by atoms with Crippen LogP contribution in [-0.4, -0.2) is 74.2 Å². The monoisotopic (exact) mass is 798 g/mol. The predicted octanol–water partition coefficient (Wildman–Crippen LogP) is 7.35. The molecule has 308 valence electrons. The van der Waals surface area contributed by atoms with E-state index in [4.69, 9.17) is 18.7 Å². The van der Waals surface area contributed by atoms with Gasteiger partial charge >= 0.3 is 6.09 Å². The lowest BCUT2D eigenvalue weighted by Gasteiger charge is -2.40. The van der Waals surface area contributed by atoms with Crippen molar-refractivity contribution in [3.05, 3.63) is 83.0 Å². The number of unbranched alkanes of at least 4 members (excludes halogenated alkanes) is 1. The quantitative estimate of drug-likeness (QED) is 0.0811. The van der Waals surface area contributed by atoms with Crippen molar-refractivity contribution in [1.29, 1.82) is 0 Å². The Morgan fingerprint density at radius 2 is 1.64 bits per heavy atom. The van der Waals surface area contributed by atoms with Gasteiger partial charge in [0.25, 0.3) is 5.91 Å². The number of hydrogen-bond acceptors (Lipinski definition) is 9. The van der Waals surface area contributed by atoms with Crippen molar-refractivity contribution < 1.29 is 36.9 Å². The number of amides is 3. The van der Waals surface area contributed by atoms with Gasteiger partial charge in [-0.15, -0.1) is 0 Å². The average Bonchev–Trinajstić information content (AvgIpc) is 3.60. The second-order valence-electron chi connectivity index (χ2n) is 17.0. The van der Waals surface area contributed by atoms with E-state index in [0.717, 1.165) is 43.6 Å². The first-order valence-electron chi connectivity index (χ1n) is 19.6. The number of hydrogen-bond donors (Lipinski definition) is 4. The molecule has 0 aliphatic carbocycles. The molecule has 3 aromatic rings. The van der Waals surface area contributed by atoms with E-state index < -0.39 is 55.6 Å². The lowest BCUT2D eigenvalue weighted by atomic mass is 9.84. The van der Waals surface area contributed by atoms with Crippen LogP contribution in [0.1, 0.15) is 113 Å². The molecule has 56 heavy (non-hydrogen) atoms. The summed E-state index contributed by atoms with van der Waals surface area (Å²) in [5.74, 6) is -3.49. The van der Waals surface area contributed by atoms with Crippen LogP contribution in [0.3, 0.4) is 0 Å². The Morgan fingerprint density at radius 1 is 0.946 bits per heavy atom. The number of halogens is 2. The summed E-state index contributed by atoms with van der Waals surface area (Å²) in [6.45, 7) is 18.0.